The fraction of sp³-hybridized carbons (Fsp3) is 0.846. The van der Waals surface area contributed by atoms with Crippen LogP contribution in [0.1, 0.15) is 33.6 Å². The molecule has 0 aliphatic rings. The summed E-state index contributed by atoms with van der Waals surface area (Å²) in [5.74, 6) is -0.699. The van der Waals surface area contributed by atoms with Gasteiger partial charge in [0.2, 0.25) is 0 Å². The molecule has 0 bridgehead atoms. The van der Waals surface area contributed by atoms with E-state index in [2.05, 4.69) is 0 Å². The van der Waals surface area contributed by atoms with E-state index in [0.29, 0.717) is 19.4 Å². The Balaban J connectivity index is 4.48. The van der Waals surface area contributed by atoms with E-state index < -0.39 is 11.7 Å². The molecule has 0 saturated heterocycles. The molecule has 0 saturated carbocycles. The highest BCUT2D eigenvalue weighted by Crippen LogP contribution is 2.13. The van der Waals surface area contributed by atoms with Gasteiger partial charge in [-0.3, -0.25) is 4.79 Å². The van der Waals surface area contributed by atoms with Crippen molar-refractivity contribution < 1.29 is 19.1 Å². The Bertz CT molecular complexity index is 300. The molecule has 0 aromatic heterocycles. The van der Waals surface area contributed by atoms with Gasteiger partial charge in [-0.15, -0.1) is 0 Å². The van der Waals surface area contributed by atoms with E-state index in [1.807, 2.05) is 0 Å². The molecule has 0 fully saturated rings. The standard InChI is InChI=1S/C13H26N2O4/c1-13(2,3)19-12(17)15(4)9-10(7-6-8-14)11(16)18-5/h10H,6-9,14H2,1-5H3. The summed E-state index contributed by atoms with van der Waals surface area (Å²) in [7, 11) is 2.94. The lowest BCUT2D eigenvalue weighted by Gasteiger charge is -2.26. The maximum Gasteiger partial charge on any atom is 0.410 e. The molecule has 1 unspecified atom stereocenters. The predicted octanol–water partition coefficient (Wildman–Crippen LogP) is 1.38. The van der Waals surface area contributed by atoms with Crippen LogP contribution in [0.15, 0.2) is 0 Å². The highest BCUT2D eigenvalue weighted by Gasteiger charge is 2.25. The monoisotopic (exact) mass is 274 g/mol. The molecule has 19 heavy (non-hydrogen) atoms. The summed E-state index contributed by atoms with van der Waals surface area (Å²) < 4.78 is 9.96. The van der Waals surface area contributed by atoms with Gasteiger partial charge in [0.05, 0.1) is 13.0 Å². The Morgan fingerprint density at radius 2 is 1.89 bits per heavy atom. The first-order valence-corrected chi connectivity index (χ1v) is 6.43. The van der Waals surface area contributed by atoms with E-state index in [0.717, 1.165) is 0 Å². The third-order valence-electron chi connectivity index (χ3n) is 2.49. The molecule has 1 atom stereocenters. The smallest absolute Gasteiger partial charge is 0.410 e. The number of esters is 1. The predicted molar refractivity (Wildman–Crippen MR) is 72.7 cm³/mol. The van der Waals surface area contributed by atoms with Crippen molar-refractivity contribution in [2.75, 3.05) is 27.2 Å². The fourth-order valence-corrected chi connectivity index (χ4v) is 1.56. The van der Waals surface area contributed by atoms with Crippen LogP contribution < -0.4 is 5.73 Å². The summed E-state index contributed by atoms with van der Waals surface area (Å²) in [6.07, 6.45) is 0.854. The van der Waals surface area contributed by atoms with Crippen LogP contribution in [0.25, 0.3) is 0 Å². The Morgan fingerprint density at radius 3 is 2.32 bits per heavy atom. The van der Waals surface area contributed by atoms with E-state index in [9.17, 15) is 9.59 Å². The summed E-state index contributed by atoms with van der Waals surface area (Å²) in [6.45, 7) is 6.16. The van der Waals surface area contributed by atoms with Crippen LogP contribution in [0.2, 0.25) is 0 Å². The molecular weight excluding hydrogens is 248 g/mol. The first-order valence-electron chi connectivity index (χ1n) is 6.43. The number of amides is 1. The normalized spacial score (nSPS) is 12.7. The molecule has 0 aliphatic heterocycles. The van der Waals surface area contributed by atoms with E-state index in [1.165, 1.54) is 12.0 Å². The van der Waals surface area contributed by atoms with Gasteiger partial charge in [0.15, 0.2) is 0 Å². The first kappa shape index (κ1) is 17.7. The first-order chi connectivity index (χ1) is 8.71. The van der Waals surface area contributed by atoms with Gasteiger partial charge < -0.3 is 20.1 Å². The van der Waals surface area contributed by atoms with Crippen molar-refractivity contribution in [3.63, 3.8) is 0 Å². The quantitative estimate of drug-likeness (QED) is 0.740. The van der Waals surface area contributed by atoms with E-state index in [-0.39, 0.29) is 18.4 Å². The van der Waals surface area contributed by atoms with Gasteiger partial charge in [-0.1, -0.05) is 0 Å². The van der Waals surface area contributed by atoms with Crippen LogP contribution in [0.5, 0.6) is 0 Å². The number of methoxy groups -OCH3 is 1. The van der Waals surface area contributed by atoms with Crippen LogP contribution in [0.4, 0.5) is 4.79 Å². The molecule has 0 heterocycles. The van der Waals surface area contributed by atoms with E-state index >= 15 is 0 Å². The highest BCUT2D eigenvalue weighted by atomic mass is 16.6. The average Bonchev–Trinajstić information content (AvgIpc) is 2.30. The van der Waals surface area contributed by atoms with Crippen molar-refractivity contribution >= 4 is 12.1 Å². The van der Waals surface area contributed by atoms with Gasteiger partial charge in [0, 0.05) is 13.6 Å². The van der Waals surface area contributed by atoms with Crippen molar-refractivity contribution in [3.05, 3.63) is 0 Å². The summed E-state index contributed by atoms with van der Waals surface area (Å²) >= 11 is 0. The largest absolute Gasteiger partial charge is 0.469 e. The Labute approximate surface area is 115 Å². The molecule has 1 amide bonds. The fourth-order valence-electron chi connectivity index (χ4n) is 1.56. The number of nitrogens with two attached hydrogens (primary N) is 1. The Morgan fingerprint density at radius 1 is 1.32 bits per heavy atom. The minimum absolute atomic E-state index is 0.265. The van der Waals surface area contributed by atoms with Gasteiger partial charge >= 0.3 is 12.1 Å². The number of hydrogen-bond donors (Lipinski definition) is 1. The lowest BCUT2D eigenvalue weighted by Crippen LogP contribution is -2.39. The second kappa shape index (κ2) is 7.99. The number of hydrogen-bond acceptors (Lipinski definition) is 5. The minimum atomic E-state index is -0.552. The molecule has 0 radical (unpaired) electrons. The third-order valence-corrected chi connectivity index (χ3v) is 2.49. The highest BCUT2D eigenvalue weighted by molar-refractivity contribution is 5.74. The van der Waals surface area contributed by atoms with Crippen molar-refractivity contribution in [2.24, 2.45) is 11.7 Å². The zero-order chi connectivity index (χ0) is 15.1. The van der Waals surface area contributed by atoms with E-state index in [1.54, 1.807) is 27.8 Å². The summed E-state index contributed by atoms with van der Waals surface area (Å²) in [4.78, 5) is 24.8. The number of carbonyl (C=O) groups excluding carboxylic acids is 2. The minimum Gasteiger partial charge on any atom is -0.469 e. The molecule has 0 rings (SSSR count). The molecule has 0 aliphatic carbocycles. The van der Waals surface area contributed by atoms with Crippen LogP contribution >= 0.6 is 0 Å². The third kappa shape index (κ3) is 7.66. The molecule has 0 spiro atoms. The number of nitrogens with zero attached hydrogens (tertiary/aromatic N) is 1. The Hall–Kier alpha value is -1.30. The topological polar surface area (TPSA) is 81.9 Å². The molecule has 6 nitrogen and oxygen atoms in total. The zero-order valence-corrected chi connectivity index (χ0v) is 12.6. The van der Waals surface area contributed by atoms with Gasteiger partial charge in [0.1, 0.15) is 5.60 Å². The number of carbonyl (C=O) groups is 2. The van der Waals surface area contributed by atoms with Gasteiger partial charge in [0.25, 0.3) is 0 Å². The molecular formula is C13H26N2O4. The van der Waals surface area contributed by atoms with Crippen molar-refractivity contribution in [3.8, 4) is 0 Å². The molecule has 2 N–H and O–H groups in total. The van der Waals surface area contributed by atoms with Gasteiger partial charge in [-0.2, -0.15) is 0 Å². The zero-order valence-electron chi connectivity index (χ0n) is 12.6. The second-order valence-electron chi connectivity index (χ2n) is 5.51. The van der Waals surface area contributed by atoms with Gasteiger partial charge in [-0.25, -0.2) is 4.79 Å². The molecule has 0 aromatic rings. The number of rotatable bonds is 6. The maximum atomic E-state index is 11.8. The lowest BCUT2D eigenvalue weighted by atomic mass is 10.0. The SMILES string of the molecule is COC(=O)C(CCCN)CN(C)C(=O)OC(C)(C)C. The summed E-state index contributed by atoms with van der Waals surface area (Å²) in [5.41, 5.74) is 4.88. The maximum absolute atomic E-state index is 11.8. The summed E-state index contributed by atoms with van der Waals surface area (Å²) in [5, 5.41) is 0. The van der Waals surface area contributed by atoms with Crippen molar-refractivity contribution in [2.45, 2.75) is 39.2 Å². The van der Waals surface area contributed by atoms with Crippen molar-refractivity contribution in [1.82, 2.24) is 4.90 Å². The average molecular weight is 274 g/mol. The second-order valence-corrected chi connectivity index (χ2v) is 5.51. The number of ether oxygens (including phenoxy) is 2. The van der Waals surface area contributed by atoms with Crippen molar-refractivity contribution in [1.29, 1.82) is 0 Å². The molecule has 112 valence electrons. The van der Waals surface area contributed by atoms with E-state index in [4.69, 9.17) is 15.2 Å². The lowest BCUT2D eigenvalue weighted by molar-refractivity contribution is -0.146. The molecule has 6 heteroatoms. The van der Waals surface area contributed by atoms with Gasteiger partial charge in [-0.05, 0) is 40.2 Å². The van der Waals surface area contributed by atoms with Crippen LogP contribution in [0.3, 0.4) is 0 Å². The molecule has 0 aromatic carbocycles. The van der Waals surface area contributed by atoms with Crippen LogP contribution in [-0.2, 0) is 14.3 Å². The summed E-state index contributed by atoms with van der Waals surface area (Å²) in [6, 6.07) is 0. The van der Waals surface area contributed by atoms with Crippen LogP contribution in [-0.4, -0.2) is 49.8 Å². The van der Waals surface area contributed by atoms with Crippen LogP contribution in [0, 0.1) is 5.92 Å². The Kier molecular flexibility index (Phi) is 7.44.